The molecule has 0 saturated heterocycles. The monoisotopic (exact) mass is 347 g/mol. The standard InChI is InChI=1S/C22H23O2Si/c1-4-12-20(13-5-1)14-10-11-19-25(23-21-15-6-2-7-16-21)24-22-17-8-3-9-18-22/h1-9,12-13,15-18H,10-11,14,19H2. The fourth-order valence-electron chi connectivity index (χ4n) is 2.61. The van der Waals surface area contributed by atoms with Crippen molar-refractivity contribution < 1.29 is 8.85 Å². The first kappa shape index (κ1) is 17.3. The van der Waals surface area contributed by atoms with Crippen LogP contribution in [0.4, 0.5) is 0 Å². The smallest absolute Gasteiger partial charge is 0.510 e. The molecular weight excluding hydrogens is 324 g/mol. The molecule has 0 spiro atoms. The molecule has 0 aliphatic heterocycles. The van der Waals surface area contributed by atoms with Crippen LogP contribution in [0, 0.1) is 0 Å². The largest absolute Gasteiger partial charge is 0.532 e. The molecule has 0 unspecified atom stereocenters. The molecule has 0 saturated carbocycles. The molecular formula is C22H23O2Si. The summed E-state index contributed by atoms with van der Waals surface area (Å²) in [7, 11) is -1.40. The lowest BCUT2D eigenvalue weighted by atomic mass is 10.1. The molecule has 0 N–H and O–H groups in total. The molecule has 0 aromatic heterocycles. The summed E-state index contributed by atoms with van der Waals surface area (Å²) >= 11 is 0. The number of rotatable bonds is 9. The lowest BCUT2D eigenvalue weighted by Crippen LogP contribution is -2.29. The van der Waals surface area contributed by atoms with Crippen LogP contribution >= 0.6 is 0 Å². The van der Waals surface area contributed by atoms with Crippen LogP contribution in [0.25, 0.3) is 0 Å². The van der Waals surface area contributed by atoms with Crippen molar-refractivity contribution in [1.29, 1.82) is 0 Å². The second-order valence-corrected chi connectivity index (χ2v) is 7.55. The Hall–Kier alpha value is -2.52. The third-order valence-corrected chi connectivity index (χ3v) is 5.58. The van der Waals surface area contributed by atoms with Crippen LogP contribution < -0.4 is 8.85 Å². The predicted molar refractivity (Wildman–Crippen MR) is 104 cm³/mol. The maximum Gasteiger partial charge on any atom is 0.532 e. The van der Waals surface area contributed by atoms with Gasteiger partial charge in [0.05, 0.1) is 0 Å². The van der Waals surface area contributed by atoms with Gasteiger partial charge in [-0.25, -0.2) is 0 Å². The normalized spacial score (nSPS) is 10.6. The Balaban J connectivity index is 1.54. The van der Waals surface area contributed by atoms with E-state index in [1.54, 1.807) is 0 Å². The van der Waals surface area contributed by atoms with Crippen LogP contribution in [0.15, 0.2) is 91.0 Å². The van der Waals surface area contributed by atoms with Crippen LogP contribution in [0.5, 0.6) is 11.5 Å². The quantitative estimate of drug-likeness (QED) is 0.367. The molecule has 3 aromatic carbocycles. The van der Waals surface area contributed by atoms with Gasteiger partial charge in [0, 0.05) is 6.04 Å². The Labute approximate surface area is 151 Å². The highest BCUT2D eigenvalue weighted by Gasteiger charge is 2.20. The van der Waals surface area contributed by atoms with Gasteiger partial charge in [-0.2, -0.15) is 0 Å². The molecule has 0 aliphatic carbocycles. The van der Waals surface area contributed by atoms with Gasteiger partial charge in [0.2, 0.25) is 0 Å². The number of para-hydroxylation sites is 2. The molecule has 1 radical (unpaired) electrons. The van der Waals surface area contributed by atoms with Gasteiger partial charge in [-0.3, -0.25) is 0 Å². The highest BCUT2D eigenvalue weighted by Crippen LogP contribution is 2.18. The molecule has 3 aromatic rings. The number of benzene rings is 3. The maximum absolute atomic E-state index is 6.15. The van der Waals surface area contributed by atoms with Gasteiger partial charge in [0.15, 0.2) is 0 Å². The molecule has 25 heavy (non-hydrogen) atoms. The SMILES string of the molecule is c1ccc(CCCC[Si](Oc2ccccc2)Oc2ccccc2)cc1. The fourth-order valence-corrected chi connectivity index (χ4v) is 4.19. The Bertz CT molecular complexity index is 675. The molecule has 2 nitrogen and oxygen atoms in total. The number of unbranched alkanes of at least 4 members (excludes halogenated alkanes) is 1. The third kappa shape index (κ3) is 6.12. The first-order valence-corrected chi connectivity index (χ1v) is 10.3. The Morgan fingerprint density at radius 3 is 1.56 bits per heavy atom. The molecule has 0 heterocycles. The van der Waals surface area contributed by atoms with E-state index >= 15 is 0 Å². The van der Waals surface area contributed by atoms with Crippen LogP contribution in [-0.2, 0) is 6.42 Å². The number of hydrogen-bond donors (Lipinski definition) is 0. The van der Waals surface area contributed by atoms with Gasteiger partial charge in [0.1, 0.15) is 11.5 Å². The zero-order chi connectivity index (χ0) is 17.2. The third-order valence-electron chi connectivity index (χ3n) is 3.89. The topological polar surface area (TPSA) is 18.5 Å². The Morgan fingerprint density at radius 2 is 1.04 bits per heavy atom. The number of aryl methyl sites for hydroxylation is 1. The van der Waals surface area contributed by atoms with Gasteiger partial charge in [-0.05, 0) is 49.1 Å². The summed E-state index contributed by atoms with van der Waals surface area (Å²) in [6.07, 6.45) is 3.35. The summed E-state index contributed by atoms with van der Waals surface area (Å²) < 4.78 is 12.3. The van der Waals surface area contributed by atoms with E-state index in [1.807, 2.05) is 60.7 Å². The zero-order valence-corrected chi connectivity index (χ0v) is 15.3. The van der Waals surface area contributed by atoms with Crippen molar-refractivity contribution in [2.75, 3.05) is 0 Å². The summed E-state index contributed by atoms with van der Waals surface area (Å²) in [5, 5.41) is 0. The zero-order valence-electron chi connectivity index (χ0n) is 14.3. The Morgan fingerprint density at radius 1 is 0.560 bits per heavy atom. The van der Waals surface area contributed by atoms with E-state index in [-0.39, 0.29) is 0 Å². The minimum atomic E-state index is -1.40. The van der Waals surface area contributed by atoms with Gasteiger partial charge in [-0.15, -0.1) is 0 Å². The van der Waals surface area contributed by atoms with Crippen LogP contribution in [0.2, 0.25) is 6.04 Å². The minimum absolute atomic E-state index is 0.885. The highest BCUT2D eigenvalue weighted by atomic mass is 28.3. The second kappa shape index (κ2) is 9.70. The van der Waals surface area contributed by atoms with Crippen molar-refractivity contribution in [3.63, 3.8) is 0 Å². The lowest BCUT2D eigenvalue weighted by Gasteiger charge is -2.17. The summed E-state index contributed by atoms with van der Waals surface area (Å²) in [6, 6.07) is 31.5. The van der Waals surface area contributed by atoms with Crippen LogP contribution in [0.3, 0.4) is 0 Å². The van der Waals surface area contributed by atoms with Crippen molar-refractivity contribution in [2.45, 2.75) is 25.3 Å². The molecule has 3 rings (SSSR count). The van der Waals surface area contributed by atoms with Gasteiger partial charge >= 0.3 is 9.28 Å². The van der Waals surface area contributed by atoms with Crippen molar-refractivity contribution >= 4 is 9.28 Å². The summed E-state index contributed by atoms with van der Waals surface area (Å²) in [5.41, 5.74) is 1.39. The molecule has 0 bridgehead atoms. The second-order valence-electron chi connectivity index (χ2n) is 5.89. The summed E-state index contributed by atoms with van der Waals surface area (Å²) in [4.78, 5) is 0. The van der Waals surface area contributed by atoms with E-state index in [2.05, 4.69) is 30.3 Å². The van der Waals surface area contributed by atoms with Crippen LogP contribution in [-0.4, -0.2) is 9.28 Å². The van der Waals surface area contributed by atoms with Crippen molar-refractivity contribution in [2.24, 2.45) is 0 Å². The van der Waals surface area contributed by atoms with Gasteiger partial charge < -0.3 is 8.85 Å². The van der Waals surface area contributed by atoms with E-state index in [0.717, 1.165) is 36.8 Å². The minimum Gasteiger partial charge on any atom is -0.510 e. The maximum atomic E-state index is 6.15. The Kier molecular flexibility index (Phi) is 6.71. The summed E-state index contributed by atoms with van der Waals surface area (Å²) in [6.45, 7) is 0. The van der Waals surface area contributed by atoms with Crippen molar-refractivity contribution in [3.05, 3.63) is 96.6 Å². The first-order valence-electron chi connectivity index (χ1n) is 8.76. The fraction of sp³-hybridized carbons (Fsp3) is 0.182. The van der Waals surface area contributed by atoms with E-state index < -0.39 is 9.28 Å². The molecule has 0 amide bonds. The van der Waals surface area contributed by atoms with E-state index in [0.29, 0.717) is 0 Å². The van der Waals surface area contributed by atoms with E-state index in [9.17, 15) is 0 Å². The van der Waals surface area contributed by atoms with Crippen LogP contribution in [0.1, 0.15) is 18.4 Å². The molecule has 0 fully saturated rings. The van der Waals surface area contributed by atoms with Gasteiger partial charge in [0.25, 0.3) is 0 Å². The average molecular weight is 348 g/mol. The summed E-state index contributed by atoms with van der Waals surface area (Å²) in [5.74, 6) is 1.77. The van der Waals surface area contributed by atoms with E-state index in [4.69, 9.17) is 8.85 Å². The van der Waals surface area contributed by atoms with Crippen molar-refractivity contribution in [1.82, 2.24) is 0 Å². The predicted octanol–water partition coefficient (Wildman–Crippen LogP) is 5.66. The molecule has 127 valence electrons. The highest BCUT2D eigenvalue weighted by molar-refractivity contribution is 6.46. The van der Waals surface area contributed by atoms with Gasteiger partial charge in [-0.1, -0.05) is 66.7 Å². The first-order chi connectivity index (χ1) is 12.4. The van der Waals surface area contributed by atoms with Crippen molar-refractivity contribution in [3.8, 4) is 11.5 Å². The lowest BCUT2D eigenvalue weighted by molar-refractivity contribution is 0.417. The molecule has 3 heteroatoms. The number of hydrogen-bond acceptors (Lipinski definition) is 2. The average Bonchev–Trinajstić information content (AvgIpc) is 2.67. The molecule has 0 aliphatic rings. The molecule has 0 atom stereocenters. The van der Waals surface area contributed by atoms with E-state index in [1.165, 1.54) is 5.56 Å².